The number of fused-ring (bicyclic) bond motifs is 6. The molecule has 350 valence electrons. The highest BCUT2D eigenvalue weighted by Crippen LogP contribution is 2.53. The van der Waals surface area contributed by atoms with E-state index in [2.05, 4.69) is 8.67 Å². The Bertz CT molecular complexity index is 2910. The van der Waals surface area contributed by atoms with Crippen molar-refractivity contribution >= 4 is 92.4 Å². The van der Waals surface area contributed by atoms with Gasteiger partial charge in [-0.25, -0.2) is 10.5 Å². The molecule has 18 nitrogen and oxygen atoms in total. The third-order valence-corrected chi connectivity index (χ3v) is 16.5. The van der Waals surface area contributed by atoms with E-state index in [1.165, 1.54) is 18.2 Å². The fraction of sp³-hybridized carbons (Fsp3) is 0.425. The summed E-state index contributed by atoms with van der Waals surface area (Å²) in [6.07, 6.45) is 8.13. The van der Waals surface area contributed by atoms with Crippen molar-refractivity contribution in [3.05, 3.63) is 88.4 Å². The normalized spacial score (nSPS) is 20.8. The van der Waals surface area contributed by atoms with E-state index in [9.17, 15) is 57.1 Å². The molecule has 0 spiro atoms. The highest BCUT2D eigenvalue weighted by molar-refractivity contribution is 7.95. The molecular weight excluding hydrogens is 957 g/mol. The third kappa shape index (κ3) is 11.0. The zero-order chi connectivity index (χ0) is 47.0. The molecule has 1 fully saturated rings. The summed E-state index contributed by atoms with van der Waals surface area (Å²) in [6.45, 7) is 6.52. The van der Waals surface area contributed by atoms with Gasteiger partial charge in [0.15, 0.2) is 5.71 Å². The highest BCUT2D eigenvalue weighted by Gasteiger charge is 2.54. The van der Waals surface area contributed by atoms with Crippen molar-refractivity contribution in [2.75, 3.05) is 29.5 Å². The van der Waals surface area contributed by atoms with Crippen molar-refractivity contribution in [2.45, 2.75) is 97.3 Å². The number of unbranched alkanes of at least 4 members (excludes halogenated alkanes) is 2. The van der Waals surface area contributed by atoms with Gasteiger partial charge in [-0.3, -0.25) is 18.2 Å². The molecule has 64 heavy (non-hydrogen) atoms. The molecule has 2 aliphatic heterocycles. The second-order valence-corrected chi connectivity index (χ2v) is 24.1. The van der Waals surface area contributed by atoms with Crippen molar-refractivity contribution in [3.63, 3.8) is 0 Å². The van der Waals surface area contributed by atoms with E-state index in [0.29, 0.717) is 71.2 Å². The molecule has 1 saturated carbocycles. The van der Waals surface area contributed by atoms with Crippen LogP contribution in [0.1, 0.15) is 76.8 Å². The lowest BCUT2D eigenvalue weighted by atomic mass is 9.77. The number of benzene rings is 3. The molecule has 2 heterocycles. The number of hydrogen-bond acceptors (Lipinski definition) is 15. The van der Waals surface area contributed by atoms with Gasteiger partial charge in [-0.2, -0.15) is 46.9 Å². The first-order valence-corrected chi connectivity index (χ1v) is 27.4. The van der Waals surface area contributed by atoms with Crippen LogP contribution < -0.4 is 4.90 Å². The first-order chi connectivity index (χ1) is 29.8. The predicted octanol–water partition coefficient (Wildman–Crippen LogP) is 7.38. The summed E-state index contributed by atoms with van der Waals surface area (Å²) in [7, 11) is -17.9. The molecule has 0 saturated heterocycles. The summed E-state index contributed by atoms with van der Waals surface area (Å²) in [5.74, 6) is -0.887. The second-order valence-electron chi connectivity index (χ2n) is 16.6. The SMILES string of the molecule is CC12CCC(=CC=C(C=CCC3N(CCCCS(=O)(=O)O)c4ccc5cc(S(=O)(=O)O)cc(SOO)c5c4C3(C)C)S(=O)(=O)O)C1=[N+](CCCCS(=O)(=O)O)c1ccc(SOO)cc12. The highest BCUT2D eigenvalue weighted by atomic mass is 32.2. The molecule has 3 aromatic rings. The number of nitrogens with zero attached hydrogens (tertiary/aromatic N) is 2. The van der Waals surface area contributed by atoms with Crippen molar-refractivity contribution in [1.82, 2.24) is 0 Å². The van der Waals surface area contributed by atoms with Crippen LogP contribution in [-0.2, 0) is 60.0 Å². The van der Waals surface area contributed by atoms with Crippen LogP contribution >= 0.6 is 24.1 Å². The molecular formula is C40H49N2O16S6+. The van der Waals surface area contributed by atoms with Crippen molar-refractivity contribution in [3.8, 4) is 0 Å². The largest absolute Gasteiger partial charge is 0.367 e. The Morgan fingerprint density at radius 2 is 1.53 bits per heavy atom. The monoisotopic (exact) mass is 1010 g/mol. The molecule has 3 aromatic carbocycles. The second kappa shape index (κ2) is 19.2. The Morgan fingerprint density at radius 1 is 0.859 bits per heavy atom. The smallest absolute Gasteiger partial charge is 0.294 e. The zero-order valence-corrected chi connectivity index (χ0v) is 39.7. The van der Waals surface area contributed by atoms with E-state index < -0.39 is 78.7 Å². The van der Waals surface area contributed by atoms with Gasteiger partial charge in [0, 0.05) is 62.5 Å². The fourth-order valence-corrected chi connectivity index (χ4v) is 12.5. The van der Waals surface area contributed by atoms with Crippen LogP contribution in [0.5, 0.6) is 0 Å². The van der Waals surface area contributed by atoms with Gasteiger partial charge >= 0.3 is 0 Å². The lowest BCUT2D eigenvalue weighted by Gasteiger charge is -2.34. The van der Waals surface area contributed by atoms with Crippen LogP contribution in [0.4, 0.5) is 11.4 Å². The molecule has 0 bridgehead atoms. The summed E-state index contributed by atoms with van der Waals surface area (Å²) >= 11 is 1.24. The first kappa shape index (κ1) is 50.2. The fourth-order valence-electron chi connectivity index (χ4n) is 9.31. The van der Waals surface area contributed by atoms with E-state index in [-0.39, 0.29) is 30.7 Å². The van der Waals surface area contributed by atoms with Crippen LogP contribution in [0.3, 0.4) is 0 Å². The van der Waals surface area contributed by atoms with Crippen molar-refractivity contribution < 1.29 is 75.6 Å². The molecule has 3 aliphatic rings. The van der Waals surface area contributed by atoms with Gasteiger partial charge in [0.1, 0.15) is 6.54 Å². The maximum absolute atomic E-state index is 12.9. The minimum Gasteiger partial charge on any atom is -0.367 e. The Kier molecular flexibility index (Phi) is 15.0. The van der Waals surface area contributed by atoms with Crippen LogP contribution in [0.15, 0.2) is 91.9 Å². The lowest BCUT2D eigenvalue weighted by molar-refractivity contribution is -0.438. The van der Waals surface area contributed by atoms with E-state index in [4.69, 9.17) is 5.26 Å². The van der Waals surface area contributed by atoms with Gasteiger partial charge in [0.05, 0.1) is 50.8 Å². The summed E-state index contributed by atoms with van der Waals surface area (Å²) in [4.78, 5) is 1.96. The summed E-state index contributed by atoms with van der Waals surface area (Å²) in [5, 5.41) is 19.5. The van der Waals surface area contributed by atoms with Gasteiger partial charge in [-0.15, -0.1) is 0 Å². The molecule has 24 heteroatoms. The van der Waals surface area contributed by atoms with E-state index in [1.807, 2.05) is 42.4 Å². The van der Waals surface area contributed by atoms with Crippen molar-refractivity contribution in [2.24, 2.45) is 0 Å². The predicted molar refractivity (Wildman–Crippen MR) is 243 cm³/mol. The minimum atomic E-state index is -4.80. The third-order valence-electron chi connectivity index (χ3n) is 12.1. The Balaban J connectivity index is 1.37. The average molecular weight is 1010 g/mol. The zero-order valence-electron chi connectivity index (χ0n) is 34.8. The standard InChI is InChI=1S/C40H48N2O16S6/c1-39(2)35(41(19-4-6-21-61(45,46)47)33-15-12-27-23-30(64(54,55)56)25-34(60-58-44)36(27)37(33)39)10-8-9-29(63(51,52)53)14-11-26-17-18-40(3)31-24-28(59-57-43)13-16-32(31)42(38(26)40)20-5-7-22-62(48,49)50/h8-9,11-16,23-25,35H,4-7,10,17-22H2,1-3H3,(H5-,43,44,45,46,47,48,49,50,51,52,53,54,55,56)/p+1. The maximum Gasteiger partial charge on any atom is 0.294 e. The van der Waals surface area contributed by atoms with Gasteiger partial charge in [0.25, 0.3) is 40.5 Å². The first-order valence-electron chi connectivity index (χ1n) is 19.9. The number of anilines is 1. The molecule has 6 rings (SSSR count). The average Bonchev–Trinajstić information content (AvgIpc) is 3.72. The summed E-state index contributed by atoms with van der Waals surface area (Å²) < 4.78 is 146. The molecule has 0 aromatic heterocycles. The Labute approximate surface area is 381 Å². The number of rotatable bonds is 20. The minimum absolute atomic E-state index is 0.116. The van der Waals surface area contributed by atoms with Crippen molar-refractivity contribution in [1.29, 1.82) is 0 Å². The Morgan fingerprint density at radius 3 is 2.16 bits per heavy atom. The van der Waals surface area contributed by atoms with E-state index >= 15 is 0 Å². The van der Waals surface area contributed by atoms with Crippen LogP contribution in [-0.4, -0.2) is 103 Å². The van der Waals surface area contributed by atoms with Gasteiger partial charge in [0.2, 0.25) is 5.69 Å². The topological polar surface area (TPSA) is 283 Å². The van der Waals surface area contributed by atoms with E-state index in [1.54, 1.807) is 30.4 Å². The quantitative estimate of drug-likeness (QED) is 0.0122. The van der Waals surface area contributed by atoms with Crippen LogP contribution in [0.2, 0.25) is 0 Å². The maximum atomic E-state index is 12.9. The summed E-state index contributed by atoms with van der Waals surface area (Å²) in [6, 6.07) is 10.9. The number of allylic oxidation sites excluding steroid dienone is 4. The molecule has 2 unspecified atom stereocenters. The molecule has 1 aliphatic carbocycles. The van der Waals surface area contributed by atoms with E-state index in [0.717, 1.165) is 40.6 Å². The van der Waals surface area contributed by atoms with Crippen LogP contribution in [0, 0.1) is 0 Å². The number of hydrogen-bond donors (Lipinski definition) is 6. The Hall–Kier alpha value is -3.21. The lowest BCUT2D eigenvalue weighted by Crippen LogP contribution is -2.41. The summed E-state index contributed by atoms with van der Waals surface area (Å²) in [5.41, 5.74) is 3.37. The van der Waals surface area contributed by atoms with Gasteiger partial charge in [-0.05, 0) is 98.9 Å². The van der Waals surface area contributed by atoms with Gasteiger partial charge < -0.3 is 4.90 Å². The van der Waals surface area contributed by atoms with Crippen LogP contribution in [0.25, 0.3) is 10.8 Å². The van der Waals surface area contributed by atoms with Gasteiger partial charge in [-0.1, -0.05) is 32.1 Å². The molecule has 6 N–H and O–H groups in total. The molecule has 0 radical (unpaired) electrons. The molecule has 2 atom stereocenters. The molecule has 0 amide bonds.